The monoisotopic (exact) mass is 284 g/mol. The lowest BCUT2D eigenvalue weighted by molar-refractivity contribution is -0.127. The first-order valence-corrected chi connectivity index (χ1v) is 7.90. The highest BCUT2D eigenvalue weighted by atomic mass is 16.2. The third-order valence-corrected chi connectivity index (χ3v) is 5.17. The average molecular weight is 284 g/mol. The summed E-state index contributed by atoms with van der Waals surface area (Å²) < 4.78 is 2.27. The SMILES string of the molecule is C[C@H]1C(=O)C2=C(CCCC2=O)N2CCCn3cccc3[C@@H]12. The normalized spacial score (nSPS) is 28.9. The highest BCUT2D eigenvalue weighted by molar-refractivity contribution is 6.22. The van der Waals surface area contributed by atoms with Gasteiger partial charge in [-0.05, 0) is 31.4 Å². The van der Waals surface area contributed by atoms with E-state index in [-0.39, 0.29) is 23.5 Å². The molecule has 0 unspecified atom stereocenters. The van der Waals surface area contributed by atoms with Crippen molar-refractivity contribution < 1.29 is 9.59 Å². The van der Waals surface area contributed by atoms with E-state index < -0.39 is 0 Å². The van der Waals surface area contributed by atoms with Gasteiger partial charge in [0.2, 0.25) is 0 Å². The Morgan fingerprint density at radius 3 is 2.86 bits per heavy atom. The number of rotatable bonds is 0. The Balaban J connectivity index is 1.89. The lowest BCUT2D eigenvalue weighted by Crippen LogP contribution is -2.44. The predicted octanol–water partition coefficient (Wildman–Crippen LogP) is 2.46. The Hall–Kier alpha value is -1.84. The molecule has 4 rings (SSSR count). The highest BCUT2D eigenvalue weighted by Gasteiger charge is 2.44. The van der Waals surface area contributed by atoms with E-state index in [2.05, 4.69) is 27.8 Å². The van der Waals surface area contributed by atoms with E-state index >= 15 is 0 Å². The molecule has 4 nitrogen and oxygen atoms in total. The Labute approximate surface area is 124 Å². The van der Waals surface area contributed by atoms with Crippen molar-refractivity contribution in [2.24, 2.45) is 5.92 Å². The first kappa shape index (κ1) is 12.9. The summed E-state index contributed by atoms with van der Waals surface area (Å²) in [5.74, 6) is -0.0191. The molecule has 0 N–H and O–H groups in total. The van der Waals surface area contributed by atoms with Crippen molar-refractivity contribution in [3.63, 3.8) is 0 Å². The van der Waals surface area contributed by atoms with Crippen molar-refractivity contribution in [1.29, 1.82) is 0 Å². The molecule has 1 aliphatic carbocycles. The number of aromatic nitrogens is 1. The number of fused-ring (bicyclic) bond motifs is 4. The summed E-state index contributed by atoms with van der Waals surface area (Å²) in [6.45, 7) is 3.91. The second kappa shape index (κ2) is 4.58. The molecule has 4 heteroatoms. The molecular formula is C17H20N2O2. The molecule has 0 saturated heterocycles. The molecule has 2 atom stereocenters. The lowest BCUT2D eigenvalue weighted by Gasteiger charge is -2.43. The van der Waals surface area contributed by atoms with Gasteiger partial charge in [-0.2, -0.15) is 0 Å². The van der Waals surface area contributed by atoms with E-state index in [4.69, 9.17) is 0 Å². The van der Waals surface area contributed by atoms with Gasteiger partial charge in [-0.15, -0.1) is 0 Å². The van der Waals surface area contributed by atoms with Gasteiger partial charge in [0.1, 0.15) is 0 Å². The standard InChI is InChI=1S/C17H20N2O2/c1-11-16-13-6-3-8-18(13)9-4-10-19(16)12-5-2-7-14(20)15(12)17(11)21/h3,6,8,11,16H,2,4-5,7,9-10H2,1H3/t11-,16-/m1/s1. The zero-order valence-corrected chi connectivity index (χ0v) is 12.3. The van der Waals surface area contributed by atoms with Crippen molar-refractivity contribution in [3.05, 3.63) is 35.3 Å². The molecule has 0 spiro atoms. The van der Waals surface area contributed by atoms with Gasteiger partial charge in [-0.3, -0.25) is 9.59 Å². The minimum atomic E-state index is -0.141. The molecule has 0 aromatic carbocycles. The number of hydrogen-bond donors (Lipinski definition) is 0. The molecule has 3 aliphatic rings. The Morgan fingerprint density at radius 2 is 2.00 bits per heavy atom. The quantitative estimate of drug-likeness (QED) is 0.687. The number of ketones is 2. The maximum atomic E-state index is 12.8. The van der Waals surface area contributed by atoms with Gasteiger partial charge in [-0.1, -0.05) is 6.92 Å². The summed E-state index contributed by atoms with van der Waals surface area (Å²) >= 11 is 0. The molecule has 0 fully saturated rings. The van der Waals surface area contributed by atoms with Crippen LogP contribution < -0.4 is 0 Å². The van der Waals surface area contributed by atoms with Crippen molar-refractivity contribution in [2.75, 3.05) is 6.54 Å². The fraction of sp³-hybridized carbons (Fsp3) is 0.529. The van der Waals surface area contributed by atoms with Gasteiger partial charge >= 0.3 is 0 Å². The first-order valence-electron chi connectivity index (χ1n) is 7.90. The molecule has 0 amide bonds. The molecule has 2 aliphatic heterocycles. The van der Waals surface area contributed by atoms with Crippen molar-refractivity contribution >= 4 is 11.6 Å². The van der Waals surface area contributed by atoms with Crippen LogP contribution >= 0.6 is 0 Å². The summed E-state index contributed by atoms with van der Waals surface area (Å²) in [7, 11) is 0. The third-order valence-electron chi connectivity index (χ3n) is 5.17. The van der Waals surface area contributed by atoms with Crippen LogP contribution in [0.5, 0.6) is 0 Å². The molecule has 0 bridgehead atoms. The van der Waals surface area contributed by atoms with Crippen LogP contribution in [0, 0.1) is 5.92 Å². The van der Waals surface area contributed by atoms with Crippen LogP contribution in [-0.2, 0) is 16.1 Å². The molecular weight excluding hydrogens is 264 g/mol. The fourth-order valence-electron chi connectivity index (χ4n) is 4.20. The number of allylic oxidation sites excluding steroid dienone is 2. The highest BCUT2D eigenvalue weighted by Crippen LogP contribution is 2.44. The molecule has 0 saturated carbocycles. The summed E-state index contributed by atoms with van der Waals surface area (Å²) in [6.07, 6.45) is 5.45. The van der Waals surface area contributed by atoms with Gasteiger partial charge in [0, 0.05) is 43.0 Å². The molecule has 3 heterocycles. The van der Waals surface area contributed by atoms with Gasteiger partial charge < -0.3 is 9.47 Å². The number of hydrogen-bond acceptors (Lipinski definition) is 3. The van der Waals surface area contributed by atoms with Crippen LogP contribution in [0.25, 0.3) is 0 Å². The van der Waals surface area contributed by atoms with Gasteiger partial charge in [0.05, 0.1) is 11.6 Å². The second-order valence-electron chi connectivity index (χ2n) is 6.37. The number of aryl methyl sites for hydroxylation is 1. The summed E-state index contributed by atoms with van der Waals surface area (Å²) in [6, 6.07) is 4.29. The topological polar surface area (TPSA) is 42.3 Å². The van der Waals surface area contributed by atoms with Crippen molar-refractivity contribution in [1.82, 2.24) is 9.47 Å². The zero-order chi connectivity index (χ0) is 14.6. The Kier molecular flexibility index (Phi) is 2.81. The Bertz CT molecular complexity index is 656. The van der Waals surface area contributed by atoms with Crippen LogP contribution in [0.2, 0.25) is 0 Å². The maximum Gasteiger partial charge on any atom is 0.173 e. The van der Waals surface area contributed by atoms with Crippen molar-refractivity contribution in [3.8, 4) is 0 Å². The minimum Gasteiger partial charge on any atom is -0.365 e. The summed E-state index contributed by atoms with van der Waals surface area (Å²) in [5, 5.41) is 0. The van der Waals surface area contributed by atoms with E-state index in [9.17, 15) is 9.59 Å². The van der Waals surface area contributed by atoms with E-state index in [1.807, 2.05) is 6.92 Å². The Morgan fingerprint density at radius 1 is 1.14 bits per heavy atom. The van der Waals surface area contributed by atoms with Crippen LogP contribution in [0.1, 0.15) is 44.3 Å². The average Bonchev–Trinajstić information content (AvgIpc) is 2.85. The third kappa shape index (κ3) is 1.74. The van der Waals surface area contributed by atoms with Crippen LogP contribution in [-0.4, -0.2) is 27.6 Å². The molecule has 1 aromatic heterocycles. The van der Waals surface area contributed by atoms with Crippen molar-refractivity contribution in [2.45, 2.75) is 45.2 Å². The zero-order valence-electron chi connectivity index (χ0n) is 12.3. The number of Topliss-reactive ketones (excluding diaryl/α,β-unsaturated/α-hetero) is 2. The number of nitrogens with zero attached hydrogens (tertiary/aromatic N) is 2. The van der Waals surface area contributed by atoms with Crippen LogP contribution in [0.15, 0.2) is 29.6 Å². The largest absolute Gasteiger partial charge is 0.365 e. The molecule has 1 aromatic rings. The number of carbonyl (C=O) groups excluding carboxylic acids is 2. The van der Waals surface area contributed by atoms with E-state index in [0.717, 1.165) is 38.0 Å². The smallest absolute Gasteiger partial charge is 0.173 e. The van der Waals surface area contributed by atoms with Crippen LogP contribution in [0.3, 0.4) is 0 Å². The van der Waals surface area contributed by atoms with E-state index in [0.29, 0.717) is 12.0 Å². The predicted molar refractivity (Wildman–Crippen MR) is 78.6 cm³/mol. The van der Waals surface area contributed by atoms with Gasteiger partial charge in [0.15, 0.2) is 11.6 Å². The summed E-state index contributed by atoms with van der Waals surface area (Å²) in [5.41, 5.74) is 2.76. The fourth-order valence-corrected chi connectivity index (χ4v) is 4.20. The number of carbonyl (C=O) groups is 2. The maximum absolute atomic E-state index is 12.8. The summed E-state index contributed by atoms with van der Waals surface area (Å²) in [4.78, 5) is 27.3. The lowest BCUT2D eigenvalue weighted by atomic mass is 9.78. The van der Waals surface area contributed by atoms with Crippen LogP contribution in [0.4, 0.5) is 0 Å². The second-order valence-corrected chi connectivity index (χ2v) is 6.37. The van der Waals surface area contributed by atoms with Gasteiger partial charge in [0.25, 0.3) is 0 Å². The van der Waals surface area contributed by atoms with Gasteiger partial charge in [-0.25, -0.2) is 0 Å². The molecule has 21 heavy (non-hydrogen) atoms. The molecule has 110 valence electrons. The molecule has 0 radical (unpaired) electrons. The van der Waals surface area contributed by atoms with E-state index in [1.165, 1.54) is 5.69 Å². The minimum absolute atomic E-state index is 0.0607. The first-order chi connectivity index (χ1) is 10.2. The van der Waals surface area contributed by atoms with E-state index in [1.54, 1.807) is 0 Å².